The highest BCUT2D eigenvalue weighted by Gasteiger charge is 2.34. The van der Waals surface area contributed by atoms with E-state index < -0.39 is 6.04 Å². The number of hydrogen-bond acceptors (Lipinski definition) is 5. The summed E-state index contributed by atoms with van der Waals surface area (Å²) in [5.41, 5.74) is 2.65. The van der Waals surface area contributed by atoms with Crippen molar-refractivity contribution in [1.82, 2.24) is 9.47 Å². The van der Waals surface area contributed by atoms with Crippen LogP contribution in [0.1, 0.15) is 37.9 Å². The van der Waals surface area contributed by atoms with Crippen molar-refractivity contribution in [3.63, 3.8) is 0 Å². The molecule has 0 aliphatic carbocycles. The number of carbonyl (C=O) groups is 1. The molecule has 2 aromatic carbocycles. The fourth-order valence-corrected chi connectivity index (χ4v) is 7.68. The summed E-state index contributed by atoms with van der Waals surface area (Å²) in [6.07, 6.45) is 1.87. The molecule has 1 aromatic heterocycles. The van der Waals surface area contributed by atoms with E-state index in [0.717, 1.165) is 24.0 Å². The molecule has 6 nitrogen and oxygen atoms in total. The lowest BCUT2D eigenvalue weighted by Crippen LogP contribution is -2.43. The van der Waals surface area contributed by atoms with Gasteiger partial charge in [-0.1, -0.05) is 35.1 Å². The quantitative estimate of drug-likeness (QED) is 0.335. The van der Waals surface area contributed by atoms with Crippen molar-refractivity contribution in [2.24, 2.45) is 4.99 Å². The molecule has 1 aliphatic rings. The van der Waals surface area contributed by atoms with E-state index in [4.69, 9.17) is 21.3 Å². The lowest BCUT2D eigenvalue weighted by atomic mass is 9.94. The highest BCUT2D eigenvalue weighted by molar-refractivity contribution is 14.1. The number of amides is 1. The number of fused-ring (bicyclic) bond motifs is 1. The number of ether oxygens (including phenoxy) is 1. The van der Waals surface area contributed by atoms with Gasteiger partial charge in [0.05, 0.1) is 36.1 Å². The van der Waals surface area contributed by atoms with Crippen LogP contribution in [0.25, 0.3) is 6.08 Å². The van der Waals surface area contributed by atoms with E-state index in [1.165, 1.54) is 11.3 Å². The molecule has 0 spiro atoms. The van der Waals surface area contributed by atoms with E-state index in [9.17, 15) is 9.59 Å². The molecule has 0 radical (unpaired) electrons. The lowest BCUT2D eigenvalue weighted by molar-refractivity contribution is -0.127. The molecule has 10 heteroatoms. The first-order valence-electron chi connectivity index (χ1n) is 11.3. The molecule has 0 saturated carbocycles. The Bertz CT molecular complexity index is 1520. The summed E-state index contributed by atoms with van der Waals surface area (Å²) in [6.45, 7) is 6.87. The molecule has 4 rings (SSSR count). The Hall–Kier alpha value is -1.70. The van der Waals surface area contributed by atoms with Crippen molar-refractivity contribution in [3.05, 3.63) is 90.6 Å². The van der Waals surface area contributed by atoms with Gasteiger partial charge in [-0.05, 0) is 107 Å². The van der Waals surface area contributed by atoms with Crippen molar-refractivity contribution in [3.8, 4) is 5.75 Å². The van der Waals surface area contributed by atoms with Gasteiger partial charge in [0.15, 0.2) is 4.80 Å². The number of methoxy groups -OCH3 is 1. The monoisotopic (exact) mass is 747 g/mol. The average Bonchev–Trinajstić information content (AvgIpc) is 3.13. The number of allylic oxidation sites excluding steroid dienone is 1. The van der Waals surface area contributed by atoms with Crippen molar-refractivity contribution in [2.45, 2.75) is 26.8 Å². The van der Waals surface area contributed by atoms with Crippen LogP contribution in [-0.4, -0.2) is 35.6 Å². The van der Waals surface area contributed by atoms with Gasteiger partial charge in [0.2, 0.25) is 0 Å². The predicted molar refractivity (Wildman–Crippen MR) is 162 cm³/mol. The van der Waals surface area contributed by atoms with Crippen LogP contribution in [0.2, 0.25) is 5.02 Å². The summed E-state index contributed by atoms with van der Waals surface area (Å²) in [4.78, 5) is 34.5. The van der Waals surface area contributed by atoms with Crippen molar-refractivity contribution in [1.29, 1.82) is 0 Å². The predicted octanol–water partition coefficient (Wildman–Crippen LogP) is 4.97. The Labute approximate surface area is 245 Å². The Balaban J connectivity index is 1.95. The van der Waals surface area contributed by atoms with E-state index in [2.05, 4.69) is 45.2 Å². The van der Waals surface area contributed by atoms with Crippen LogP contribution in [-0.2, 0) is 4.79 Å². The number of thiazole rings is 1. The van der Waals surface area contributed by atoms with Gasteiger partial charge in [-0.25, -0.2) is 4.99 Å². The van der Waals surface area contributed by atoms with E-state index in [1.807, 2.05) is 51.1 Å². The minimum Gasteiger partial charge on any atom is -0.495 e. The lowest BCUT2D eigenvalue weighted by Gasteiger charge is -2.29. The van der Waals surface area contributed by atoms with Gasteiger partial charge in [-0.15, -0.1) is 0 Å². The van der Waals surface area contributed by atoms with Gasteiger partial charge in [0.25, 0.3) is 11.5 Å². The molecule has 36 heavy (non-hydrogen) atoms. The molecule has 2 heterocycles. The number of nitrogens with zero attached hydrogens (tertiary/aromatic N) is 3. The number of aromatic nitrogens is 1. The third-order valence-corrected chi connectivity index (χ3v) is 8.85. The third kappa shape index (κ3) is 5.16. The minimum absolute atomic E-state index is 0.116. The Morgan fingerprint density at radius 2 is 1.81 bits per heavy atom. The summed E-state index contributed by atoms with van der Waals surface area (Å²) < 4.78 is 9.58. The molecule has 188 valence electrons. The average molecular weight is 748 g/mol. The number of likely N-dealkylation sites (N-methyl/N-ethyl adjacent to an activating group) is 1. The topological polar surface area (TPSA) is 63.9 Å². The molecule has 0 saturated heterocycles. The van der Waals surface area contributed by atoms with Gasteiger partial charge in [-0.3, -0.25) is 14.2 Å². The number of benzene rings is 2. The van der Waals surface area contributed by atoms with Crippen molar-refractivity contribution < 1.29 is 9.53 Å². The van der Waals surface area contributed by atoms with Gasteiger partial charge >= 0.3 is 0 Å². The Kier molecular flexibility index (Phi) is 8.63. The molecular weight excluding hydrogens is 724 g/mol. The zero-order valence-corrected chi connectivity index (χ0v) is 26.0. The van der Waals surface area contributed by atoms with E-state index in [1.54, 1.807) is 28.7 Å². The van der Waals surface area contributed by atoms with Gasteiger partial charge < -0.3 is 9.64 Å². The molecule has 0 bridgehead atoms. The number of hydrogen-bond donors (Lipinski definition) is 0. The van der Waals surface area contributed by atoms with Crippen LogP contribution < -0.4 is 19.6 Å². The second kappa shape index (κ2) is 11.4. The van der Waals surface area contributed by atoms with Crippen LogP contribution >= 0.6 is 68.1 Å². The molecule has 1 aliphatic heterocycles. The van der Waals surface area contributed by atoms with E-state index >= 15 is 0 Å². The smallest absolute Gasteiger partial charge is 0.271 e. The maximum Gasteiger partial charge on any atom is 0.271 e. The van der Waals surface area contributed by atoms with Gasteiger partial charge in [0.1, 0.15) is 5.75 Å². The largest absolute Gasteiger partial charge is 0.495 e. The highest BCUT2D eigenvalue weighted by Crippen LogP contribution is 2.32. The highest BCUT2D eigenvalue weighted by atomic mass is 127. The maximum atomic E-state index is 13.8. The number of carbonyl (C=O) groups excluding carboxylic acids is 1. The summed E-state index contributed by atoms with van der Waals surface area (Å²) in [5.74, 6) is 0.697. The second-order valence-corrected chi connectivity index (χ2v) is 11.9. The van der Waals surface area contributed by atoms with Crippen LogP contribution in [0.3, 0.4) is 0 Å². The molecule has 1 amide bonds. The second-order valence-electron chi connectivity index (χ2n) is 8.13. The summed E-state index contributed by atoms with van der Waals surface area (Å²) in [5, 5.41) is 0.590. The molecule has 0 unspecified atom stereocenters. The SMILES string of the molecule is CCN(CC)C(=O)C1=C(C)N=c2s/c(=C/c3cc(I)c(OC)c(I)c3)c(=O)n2[C@H]1c1ccc(Cl)cc1. The number of rotatable bonds is 6. The summed E-state index contributed by atoms with van der Waals surface area (Å²) in [6, 6.07) is 10.7. The normalized spacial score (nSPS) is 15.5. The summed E-state index contributed by atoms with van der Waals surface area (Å²) >= 11 is 11.9. The van der Waals surface area contributed by atoms with Gasteiger partial charge in [-0.2, -0.15) is 0 Å². The third-order valence-electron chi connectivity index (χ3n) is 6.01. The standard InChI is InChI=1S/C26H24ClI2N3O3S/c1-5-31(6-2)25(34)21-14(3)30-26-32(22(21)16-7-9-17(27)10-8-16)24(33)20(36-26)13-15-11-18(28)23(35-4)19(29)12-15/h7-13,22H,5-6H2,1-4H3/b20-13+/t22-/m0/s1. The first kappa shape index (κ1) is 27.3. The maximum absolute atomic E-state index is 13.8. The van der Waals surface area contributed by atoms with Crippen LogP contribution in [0.4, 0.5) is 0 Å². The van der Waals surface area contributed by atoms with Crippen LogP contribution in [0.5, 0.6) is 5.75 Å². The zero-order valence-electron chi connectivity index (χ0n) is 20.1. The molecule has 0 N–H and O–H groups in total. The fraction of sp³-hybridized carbons (Fsp3) is 0.269. The van der Waals surface area contributed by atoms with E-state index in [-0.39, 0.29) is 11.5 Å². The first-order valence-corrected chi connectivity index (χ1v) is 14.7. The zero-order chi connectivity index (χ0) is 26.1. The van der Waals surface area contributed by atoms with Crippen molar-refractivity contribution in [2.75, 3.05) is 20.2 Å². The number of halogens is 3. The molecular formula is C26H24ClI2N3O3S. The molecule has 3 aromatic rings. The summed E-state index contributed by atoms with van der Waals surface area (Å²) in [7, 11) is 1.65. The van der Waals surface area contributed by atoms with Crippen LogP contribution in [0, 0.1) is 7.14 Å². The molecule has 1 atom stereocenters. The first-order chi connectivity index (χ1) is 17.2. The van der Waals surface area contributed by atoms with Crippen LogP contribution in [0.15, 0.2) is 57.5 Å². The van der Waals surface area contributed by atoms with Crippen molar-refractivity contribution >= 4 is 80.1 Å². The van der Waals surface area contributed by atoms with Gasteiger partial charge in [0, 0.05) is 18.1 Å². The fourth-order valence-electron chi connectivity index (χ4n) is 4.25. The Morgan fingerprint density at radius 3 is 2.36 bits per heavy atom. The van der Waals surface area contributed by atoms with E-state index in [0.29, 0.717) is 38.7 Å². The minimum atomic E-state index is -0.593. The Morgan fingerprint density at radius 1 is 1.19 bits per heavy atom. The molecule has 0 fully saturated rings.